The lowest BCUT2D eigenvalue weighted by Crippen LogP contribution is -2.17. The highest BCUT2D eigenvalue weighted by molar-refractivity contribution is 6.06. The number of amides is 1. The Balaban J connectivity index is 1.41. The molecule has 1 saturated carbocycles. The van der Waals surface area contributed by atoms with E-state index < -0.39 is 0 Å². The van der Waals surface area contributed by atoms with Gasteiger partial charge >= 0.3 is 0 Å². The molecule has 0 aromatic carbocycles. The standard InChI is InChI=1S/C21H18N8O/c30-21(28-18-11-29(13-25-18)19-3-1-2-8-24-19)20-17(26-15-9-22-12-23-10-15)7-6-16(27-20)14-4-5-14/h1-3,6-14,26H,4-5H2,(H,28,30). The maximum atomic E-state index is 13.1. The van der Waals surface area contributed by atoms with Crippen molar-refractivity contribution in [2.45, 2.75) is 18.8 Å². The van der Waals surface area contributed by atoms with Gasteiger partial charge in [-0.1, -0.05) is 6.07 Å². The molecule has 1 aliphatic carbocycles. The average molecular weight is 398 g/mol. The summed E-state index contributed by atoms with van der Waals surface area (Å²) in [5.41, 5.74) is 2.48. The van der Waals surface area contributed by atoms with Crippen LogP contribution in [0.1, 0.15) is 34.9 Å². The molecule has 0 bridgehead atoms. The van der Waals surface area contributed by atoms with Gasteiger partial charge in [-0.2, -0.15) is 0 Å². The van der Waals surface area contributed by atoms with Gasteiger partial charge in [0.25, 0.3) is 5.91 Å². The van der Waals surface area contributed by atoms with Crippen LogP contribution in [0.4, 0.5) is 17.2 Å². The Hall–Kier alpha value is -4.14. The highest BCUT2D eigenvalue weighted by Gasteiger charge is 2.27. The molecule has 0 radical (unpaired) electrons. The Bertz CT molecular complexity index is 1170. The zero-order valence-electron chi connectivity index (χ0n) is 15.9. The summed E-state index contributed by atoms with van der Waals surface area (Å²) in [6, 6.07) is 9.41. The minimum absolute atomic E-state index is 0.302. The number of nitrogens with one attached hydrogen (secondary N) is 2. The highest BCUT2D eigenvalue weighted by Crippen LogP contribution is 2.39. The Labute approximate surface area is 172 Å². The summed E-state index contributed by atoms with van der Waals surface area (Å²) in [4.78, 5) is 34.2. The van der Waals surface area contributed by atoms with Crippen LogP contribution < -0.4 is 10.6 Å². The van der Waals surface area contributed by atoms with Gasteiger partial charge in [0.1, 0.15) is 18.5 Å². The van der Waals surface area contributed by atoms with E-state index in [1.165, 1.54) is 6.33 Å². The maximum absolute atomic E-state index is 13.1. The number of carbonyl (C=O) groups excluding carboxylic acids is 1. The molecule has 0 saturated heterocycles. The summed E-state index contributed by atoms with van der Waals surface area (Å²) in [5, 5.41) is 6.00. The van der Waals surface area contributed by atoms with Gasteiger partial charge in [-0.25, -0.2) is 24.9 Å². The van der Waals surface area contributed by atoms with Crippen molar-refractivity contribution in [3.05, 3.63) is 79.2 Å². The molecule has 2 N–H and O–H groups in total. The van der Waals surface area contributed by atoms with Crippen molar-refractivity contribution in [3.63, 3.8) is 0 Å². The van der Waals surface area contributed by atoms with Gasteiger partial charge in [0.05, 0.1) is 30.0 Å². The molecule has 1 amide bonds. The molecule has 4 aromatic heterocycles. The first-order chi connectivity index (χ1) is 14.8. The van der Waals surface area contributed by atoms with E-state index in [0.717, 1.165) is 18.5 Å². The summed E-state index contributed by atoms with van der Waals surface area (Å²) < 4.78 is 1.74. The third kappa shape index (κ3) is 3.86. The number of hydrogen-bond donors (Lipinski definition) is 2. The van der Waals surface area contributed by atoms with Crippen molar-refractivity contribution in [3.8, 4) is 5.82 Å². The molecule has 148 valence electrons. The topological polar surface area (TPSA) is 111 Å². The van der Waals surface area contributed by atoms with E-state index in [1.807, 2.05) is 30.3 Å². The first-order valence-corrected chi connectivity index (χ1v) is 9.56. The Morgan fingerprint density at radius 1 is 1.07 bits per heavy atom. The van der Waals surface area contributed by atoms with Crippen LogP contribution in [0.5, 0.6) is 0 Å². The zero-order valence-corrected chi connectivity index (χ0v) is 15.9. The molecular weight excluding hydrogens is 380 g/mol. The molecule has 0 unspecified atom stereocenters. The Kier molecular flexibility index (Phi) is 4.60. The number of carbonyl (C=O) groups is 1. The van der Waals surface area contributed by atoms with Crippen LogP contribution >= 0.6 is 0 Å². The fraction of sp³-hybridized carbons (Fsp3) is 0.143. The molecule has 5 rings (SSSR count). The van der Waals surface area contributed by atoms with Crippen LogP contribution in [0.15, 0.2) is 67.8 Å². The normalized spacial score (nSPS) is 13.1. The molecule has 0 spiro atoms. The van der Waals surface area contributed by atoms with Crippen molar-refractivity contribution < 1.29 is 4.79 Å². The molecule has 1 aliphatic rings. The van der Waals surface area contributed by atoms with Crippen molar-refractivity contribution in [1.29, 1.82) is 0 Å². The van der Waals surface area contributed by atoms with Gasteiger partial charge < -0.3 is 10.6 Å². The Morgan fingerprint density at radius 3 is 2.70 bits per heavy atom. The summed E-state index contributed by atoms with van der Waals surface area (Å²) in [6.07, 6.45) is 11.9. The lowest BCUT2D eigenvalue weighted by atomic mass is 10.2. The number of anilines is 3. The molecule has 30 heavy (non-hydrogen) atoms. The lowest BCUT2D eigenvalue weighted by molar-refractivity contribution is 0.102. The van der Waals surface area contributed by atoms with Crippen LogP contribution in [-0.4, -0.2) is 35.4 Å². The SMILES string of the molecule is O=C(Nc1cn(-c2ccccn2)cn1)c1nc(C2CC2)ccc1Nc1cncnc1. The maximum Gasteiger partial charge on any atom is 0.277 e. The summed E-state index contributed by atoms with van der Waals surface area (Å²) in [5.74, 6) is 1.21. The van der Waals surface area contributed by atoms with Crippen LogP contribution in [-0.2, 0) is 0 Å². The number of rotatable bonds is 6. The van der Waals surface area contributed by atoms with Crippen molar-refractivity contribution >= 4 is 23.1 Å². The van der Waals surface area contributed by atoms with Crippen LogP contribution in [0.2, 0.25) is 0 Å². The fourth-order valence-corrected chi connectivity index (χ4v) is 3.07. The Morgan fingerprint density at radius 2 is 1.93 bits per heavy atom. The van der Waals surface area contributed by atoms with Gasteiger partial charge in [0.2, 0.25) is 0 Å². The highest BCUT2D eigenvalue weighted by atomic mass is 16.2. The molecule has 4 aromatic rings. The van der Waals surface area contributed by atoms with Crippen LogP contribution in [0, 0.1) is 0 Å². The van der Waals surface area contributed by atoms with Gasteiger partial charge in [0.15, 0.2) is 11.5 Å². The summed E-state index contributed by atoms with van der Waals surface area (Å²) >= 11 is 0. The van der Waals surface area contributed by atoms with E-state index >= 15 is 0 Å². The number of hydrogen-bond acceptors (Lipinski definition) is 7. The monoisotopic (exact) mass is 398 g/mol. The van der Waals surface area contributed by atoms with Crippen LogP contribution in [0.25, 0.3) is 5.82 Å². The van der Waals surface area contributed by atoms with E-state index in [-0.39, 0.29) is 5.91 Å². The van der Waals surface area contributed by atoms with E-state index in [1.54, 1.807) is 35.7 Å². The minimum Gasteiger partial charge on any atom is -0.351 e. The van der Waals surface area contributed by atoms with Gasteiger partial charge in [-0.15, -0.1) is 0 Å². The first kappa shape index (κ1) is 17.9. The van der Waals surface area contributed by atoms with Gasteiger partial charge in [0, 0.05) is 17.8 Å². The molecule has 9 heteroatoms. The van der Waals surface area contributed by atoms with Crippen LogP contribution in [0.3, 0.4) is 0 Å². The third-order valence-electron chi connectivity index (χ3n) is 4.71. The second kappa shape index (κ2) is 7.70. The van der Waals surface area contributed by atoms with Gasteiger partial charge in [-0.05, 0) is 37.1 Å². The van der Waals surface area contributed by atoms with E-state index in [9.17, 15) is 4.79 Å². The summed E-state index contributed by atoms with van der Waals surface area (Å²) in [7, 11) is 0. The quantitative estimate of drug-likeness (QED) is 0.512. The predicted octanol–water partition coefficient (Wildman–Crippen LogP) is 3.33. The van der Waals surface area contributed by atoms with Crippen molar-refractivity contribution in [2.75, 3.05) is 10.6 Å². The molecule has 0 aliphatic heterocycles. The largest absolute Gasteiger partial charge is 0.351 e. The average Bonchev–Trinajstić information content (AvgIpc) is 3.54. The second-order valence-corrected chi connectivity index (χ2v) is 6.97. The molecule has 1 fully saturated rings. The summed E-state index contributed by atoms with van der Waals surface area (Å²) in [6.45, 7) is 0. The molecule has 0 atom stereocenters. The van der Waals surface area contributed by atoms with Crippen molar-refractivity contribution in [1.82, 2.24) is 29.5 Å². The van der Waals surface area contributed by atoms with E-state index in [4.69, 9.17) is 0 Å². The molecule has 9 nitrogen and oxygen atoms in total. The second-order valence-electron chi connectivity index (χ2n) is 6.97. The molecular formula is C21H18N8O. The smallest absolute Gasteiger partial charge is 0.277 e. The molecule has 4 heterocycles. The zero-order chi connectivity index (χ0) is 20.3. The number of aromatic nitrogens is 6. The predicted molar refractivity (Wildman–Crippen MR) is 111 cm³/mol. The van der Waals surface area contributed by atoms with Gasteiger partial charge in [-0.3, -0.25) is 9.36 Å². The third-order valence-corrected chi connectivity index (χ3v) is 4.71. The van der Waals surface area contributed by atoms with E-state index in [0.29, 0.717) is 34.6 Å². The number of pyridine rings is 2. The minimum atomic E-state index is -0.344. The number of imidazole rings is 1. The first-order valence-electron chi connectivity index (χ1n) is 9.56. The number of nitrogens with zero attached hydrogens (tertiary/aromatic N) is 6. The lowest BCUT2D eigenvalue weighted by Gasteiger charge is -2.12. The van der Waals surface area contributed by atoms with Crippen molar-refractivity contribution in [2.24, 2.45) is 0 Å². The van der Waals surface area contributed by atoms with E-state index in [2.05, 4.69) is 35.6 Å². The fourth-order valence-electron chi connectivity index (χ4n) is 3.07.